The van der Waals surface area contributed by atoms with Gasteiger partial charge in [-0.05, 0) is 122 Å². The van der Waals surface area contributed by atoms with Crippen molar-refractivity contribution in [3.8, 4) is 11.3 Å². The lowest BCUT2D eigenvalue weighted by Gasteiger charge is -2.43. The smallest absolute Gasteiger partial charge is 0.262 e. The van der Waals surface area contributed by atoms with Gasteiger partial charge in [-0.25, -0.2) is 40.8 Å². The SMILES string of the molecule is Cc1nc2c(F)cc(-c3nc(NC4CCN(S(=O)(=O)C5CCN(CC6CC7CCC(C6)N7c6cc7c(cc6F)C(=O)N(C6CCC(=O)NC6=O)C7=O)CC5)CC4)ncc3F)cc2n1C(C)C. The number of fused-ring (bicyclic) bond motifs is 4. The standard InChI is InChI=1S/C46H53F3N10O6S/c1-24(2)57-25(3)51-42-35(48)18-27(19-39(42)57)41-36(49)22-50-46(54-41)52-28-8-14-56(15-9-28)66(64,65)31-10-12-55(13-11-31)23-26-16-29-4-5-30(17-26)58(29)38-21-33-32(20-34(38)47)44(62)59(45(33)63)37-6-7-40(60)53-43(37)61/h18-22,24,26,28-31,37H,4-17,23H2,1-3H3,(H,50,52,54)(H,53,60,61). The van der Waals surface area contributed by atoms with Gasteiger partial charge in [0, 0.05) is 55.8 Å². The van der Waals surface area contributed by atoms with Crippen LogP contribution < -0.4 is 15.5 Å². The van der Waals surface area contributed by atoms with Crippen LogP contribution in [0.2, 0.25) is 0 Å². The first-order valence-corrected chi connectivity index (χ1v) is 24.6. The lowest BCUT2D eigenvalue weighted by molar-refractivity contribution is -0.136. The Hall–Kier alpha value is -5.47. The highest BCUT2D eigenvalue weighted by molar-refractivity contribution is 7.89. The average Bonchev–Trinajstić information content (AvgIpc) is 3.85. The van der Waals surface area contributed by atoms with Crippen molar-refractivity contribution in [2.24, 2.45) is 5.92 Å². The summed E-state index contributed by atoms with van der Waals surface area (Å²) in [6, 6.07) is 4.29. The highest BCUT2D eigenvalue weighted by atomic mass is 32.2. The molecule has 8 heterocycles. The number of rotatable bonds is 10. The number of aryl methyl sites for hydroxylation is 1. The third kappa shape index (κ3) is 7.81. The number of imide groups is 2. The van der Waals surface area contributed by atoms with E-state index in [1.807, 2.05) is 18.4 Å². The summed E-state index contributed by atoms with van der Waals surface area (Å²) >= 11 is 0. The Morgan fingerprint density at radius 3 is 2.17 bits per heavy atom. The molecular weight excluding hydrogens is 878 g/mol. The maximum atomic E-state index is 15.9. The van der Waals surface area contributed by atoms with Gasteiger partial charge in [0.2, 0.25) is 27.8 Å². The van der Waals surface area contributed by atoms with Crippen LogP contribution in [0.25, 0.3) is 22.3 Å². The van der Waals surface area contributed by atoms with E-state index in [0.717, 1.165) is 49.4 Å². The minimum atomic E-state index is -3.56. The summed E-state index contributed by atoms with van der Waals surface area (Å²) in [5, 5.41) is 4.95. The summed E-state index contributed by atoms with van der Waals surface area (Å²) in [5.74, 6) is -3.29. The monoisotopic (exact) mass is 930 g/mol. The summed E-state index contributed by atoms with van der Waals surface area (Å²) in [4.78, 5) is 69.2. The number of piperidine rings is 4. The molecule has 2 N–H and O–H groups in total. The fraction of sp³-hybridized carbons (Fsp3) is 0.543. The Labute approximate surface area is 380 Å². The van der Waals surface area contributed by atoms with Crippen molar-refractivity contribution in [3.63, 3.8) is 0 Å². The largest absolute Gasteiger partial charge is 0.363 e. The molecule has 6 aliphatic heterocycles. The fourth-order valence-corrected chi connectivity index (χ4v) is 13.6. The third-order valence-corrected chi connectivity index (χ3v) is 17.1. The molecule has 10 rings (SSSR count). The quantitative estimate of drug-likeness (QED) is 0.196. The minimum Gasteiger partial charge on any atom is -0.363 e. The number of sulfonamides is 1. The molecule has 2 aromatic carbocycles. The van der Waals surface area contributed by atoms with E-state index in [1.54, 1.807) is 17.3 Å². The van der Waals surface area contributed by atoms with Crippen LogP contribution in [-0.4, -0.2) is 128 Å². The summed E-state index contributed by atoms with van der Waals surface area (Å²) in [7, 11) is -3.56. The Balaban J connectivity index is 0.718. The Morgan fingerprint density at radius 2 is 1.50 bits per heavy atom. The number of amides is 4. The molecule has 0 aliphatic carbocycles. The molecule has 4 aromatic rings. The molecule has 0 saturated carbocycles. The van der Waals surface area contributed by atoms with E-state index in [0.29, 0.717) is 69.1 Å². The first-order chi connectivity index (χ1) is 31.5. The highest BCUT2D eigenvalue weighted by Crippen LogP contribution is 2.45. The van der Waals surface area contributed by atoms with Crippen molar-refractivity contribution in [2.45, 2.75) is 120 Å². The van der Waals surface area contributed by atoms with E-state index < -0.39 is 62.4 Å². The summed E-state index contributed by atoms with van der Waals surface area (Å²) < 4.78 is 77.6. The van der Waals surface area contributed by atoms with Crippen LogP contribution in [-0.2, 0) is 19.6 Å². The van der Waals surface area contributed by atoms with Crippen LogP contribution >= 0.6 is 0 Å². The van der Waals surface area contributed by atoms with E-state index in [4.69, 9.17) is 0 Å². The van der Waals surface area contributed by atoms with E-state index >= 15 is 13.2 Å². The van der Waals surface area contributed by atoms with E-state index in [2.05, 4.69) is 35.4 Å². The predicted molar refractivity (Wildman–Crippen MR) is 237 cm³/mol. The molecule has 2 aromatic heterocycles. The number of hydrogen-bond donors (Lipinski definition) is 2. The Kier molecular flexibility index (Phi) is 11.4. The minimum absolute atomic E-state index is 0.00379. The van der Waals surface area contributed by atoms with Crippen LogP contribution in [0.1, 0.15) is 111 Å². The number of nitrogens with zero attached hydrogens (tertiary/aromatic N) is 8. The van der Waals surface area contributed by atoms with Crippen LogP contribution in [0, 0.1) is 30.3 Å². The average molecular weight is 931 g/mol. The van der Waals surface area contributed by atoms with Gasteiger partial charge in [-0.2, -0.15) is 0 Å². The molecule has 66 heavy (non-hydrogen) atoms. The Morgan fingerprint density at radius 1 is 0.818 bits per heavy atom. The number of benzene rings is 2. The van der Waals surface area contributed by atoms with Gasteiger partial charge in [0.05, 0.1) is 33.8 Å². The van der Waals surface area contributed by atoms with Crippen molar-refractivity contribution in [3.05, 3.63) is 64.9 Å². The van der Waals surface area contributed by atoms with Crippen molar-refractivity contribution in [1.29, 1.82) is 0 Å². The molecule has 5 fully saturated rings. The van der Waals surface area contributed by atoms with Gasteiger partial charge in [-0.15, -0.1) is 0 Å². The van der Waals surface area contributed by atoms with Crippen LogP contribution in [0.5, 0.6) is 0 Å². The lowest BCUT2D eigenvalue weighted by atomic mass is 9.89. The van der Waals surface area contributed by atoms with Gasteiger partial charge >= 0.3 is 0 Å². The second-order valence-electron chi connectivity index (χ2n) is 19.1. The number of anilines is 2. The number of nitrogens with one attached hydrogen (secondary N) is 2. The zero-order valence-corrected chi connectivity index (χ0v) is 37.9. The molecule has 3 unspecified atom stereocenters. The number of hydrogen-bond acceptors (Lipinski definition) is 12. The summed E-state index contributed by atoms with van der Waals surface area (Å²) in [6.45, 7) is 8.49. The summed E-state index contributed by atoms with van der Waals surface area (Å²) in [5.41, 5.74) is 1.24. The second kappa shape index (κ2) is 17.0. The molecule has 5 saturated heterocycles. The van der Waals surface area contributed by atoms with Crippen LogP contribution in [0.4, 0.5) is 24.8 Å². The Bertz CT molecular complexity index is 2760. The first-order valence-electron chi connectivity index (χ1n) is 23.1. The molecule has 20 heteroatoms. The number of halogens is 3. The highest BCUT2D eigenvalue weighted by Gasteiger charge is 2.48. The predicted octanol–water partition coefficient (Wildman–Crippen LogP) is 5.32. The van der Waals surface area contributed by atoms with E-state index in [-0.39, 0.29) is 76.5 Å². The van der Waals surface area contributed by atoms with Crippen molar-refractivity contribution in [1.82, 2.24) is 38.9 Å². The number of imidazole rings is 1. The van der Waals surface area contributed by atoms with Crippen LogP contribution in [0.3, 0.4) is 0 Å². The zero-order valence-electron chi connectivity index (χ0n) is 37.1. The van der Waals surface area contributed by atoms with Gasteiger partial charge < -0.3 is 19.7 Å². The number of aromatic nitrogens is 4. The number of likely N-dealkylation sites (tertiary alicyclic amines) is 1. The van der Waals surface area contributed by atoms with E-state index in [9.17, 15) is 27.6 Å². The molecule has 4 amide bonds. The maximum absolute atomic E-state index is 15.9. The van der Waals surface area contributed by atoms with E-state index in [1.165, 1.54) is 12.1 Å². The number of carbonyl (C=O) groups is 4. The van der Waals surface area contributed by atoms with Gasteiger partial charge in [0.25, 0.3) is 11.8 Å². The molecule has 2 bridgehead atoms. The third-order valence-electron chi connectivity index (χ3n) is 14.7. The van der Waals surface area contributed by atoms with Gasteiger partial charge in [-0.1, -0.05) is 0 Å². The first kappa shape index (κ1) is 44.4. The van der Waals surface area contributed by atoms with Crippen molar-refractivity contribution < 1.29 is 40.8 Å². The van der Waals surface area contributed by atoms with Gasteiger partial charge in [0.15, 0.2) is 11.6 Å². The zero-order chi connectivity index (χ0) is 46.3. The molecule has 350 valence electrons. The van der Waals surface area contributed by atoms with Gasteiger partial charge in [-0.3, -0.25) is 29.4 Å². The lowest BCUT2D eigenvalue weighted by Crippen LogP contribution is -2.54. The topological polar surface area (TPSA) is 183 Å². The van der Waals surface area contributed by atoms with Crippen LogP contribution in [0.15, 0.2) is 30.5 Å². The fourth-order valence-electron chi connectivity index (χ4n) is 11.6. The molecule has 3 atom stereocenters. The normalized spacial score (nSPS) is 24.8. The summed E-state index contributed by atoms with van der Waals surface area (Å²) in [6.07, 6.45) is 6.48. The second-order valence-corrected chi connectivity index (χ2v) is 21.3. The van der Waals surface area contributed by atoms with Crippen molar-refractivity contribution >= 4 is 56.3 Å². The molecular formula is C46H53F3N10O6S. The van der Waals surface area contributed by atoms with Gasteiger partial charge in [0.1, 0.15) is 28.9 Å². The number of carbonyl (C=O) groups excluding carboxylic acids is 4. The molecule has 0 spiro atoms. The molecule has 6 aliphatic rings. The molecule has 16 nitrogen and oxygen atoms in total. The van der Waals surface area contributed by atoms with Crippen molar-refractivity contribution in [2.75, 3.05) is 42.9 Å². The maximum Gasteiger partial charge on any atom is 0.262 e. The molecule has 0 radical (unpaired) electrons.